The van der Waals surface area contributed by atoms with Gasteiger partial charge in [-0.15, -0.1) is 0 Å². The van der Waals surface area contributed by atoms with Gasteiger partial charge in [0.2, 0.25) is 6.34 Å². The Hall–Kier alpha value is -0.860. The van der Waals surface area contributed by atoms with E-state index >= 15 is 0 Å². The van der Waals surface area contributed by atoms with Crippen LogP contribution in [-0.4, -0.2) is 17.8 Å². The number of hydrogen-bond acceptors (Lipinski definition) is 1. The van der Waals surface area contributed by atoms with Gasteiger partial charge in [-0.3, -0.25) is 0 Å². The quantitative estimate of drug-likeness (QED) is 0.216. The third-order valence-electron chi connectivity index (χ3n) is 0.509. The molecule has 0 aromatic carbocycles. The van der Waals surface area contributed by atoms with Gasteiger partial charge in [-0.1, -0.05) is 13.8 Å². The van der Waals surface area contributed by atoms with Gasteiger partial charge in [0, 0.05) is 6.21 Å². The van der Waals surface area contributed by atoms with Gasteiger partial charge in [0.15, 0.2) is 0 Å². The van der Waals surface area contributed by atoms with Crippen molar-refractivity contribution in [1.29, 1.82) is 0 Å². The van der Waals surface area contributed by atoms with Crippen LogP contribution in [0.25, 0.3) is 0 Å². The third-order valence-corrected chi connectivity index (χ3v) is 0.509. The fourth-order valence-electron chi connectivity index (χ4n) is 0.244. The summed E-state index contributed by atoms with van der Waals surface area (Å²) < 4.78 is 0. The van der Waals surface area contributed by atoms with E-state index in [4.69, 9.17) is 5.21 Å². The highest BCUT2D eigenvalue weighted by Crippen LogP contribution is 1.82. The summed E-state index contributed by atoms with van der Waals surface area (Å²) in [6.07, 6.45) is 2.94. The number of nitrogens with zero attached hydrogens (tertiary/aromatic N) is 2. The molecule has 0 rings (SSSR count). The SMILES string of the molecule is CC(C)C=N/C=N\[OH2+]. The number of rotatable bonds is 2. The predicted octanol–water partition coefficient (Wildman–Crippen LogP) is 0.381. The van der Waals surface area contributed by atoms with Crippen LogP contribution in [0.3, 0.4) is 0 Å². The molecular formula is C5H11N2O+. The van der Waals surface area contributed by atoms with E-state index in [-0.39, 0.29) is 0 Å². The van der Waals surface area contributed by atoms with Crippen LogP contribution in [-0.2, 0) is 0 Å². The second kappa shape index (κ2) is 4.30. The van der Waals surface area contributed by atoms with Crippen LogP contribution < -0.4 is 0 Å². The second-order valence-corrected chi connectivity index (χ2v) is 1.79. The van der Waals surface area contributed by atoms with Crippen molar-refractivity contribution in [3.05, 3.63) is 0 Å². The molecule has 0 spiro atoms. The summed E-state index contributed by atoms with van der Waals surface area (Å²) >= 11 is 0. The zero-order valence-corrected chi connectivity index (χ0v) is 5.13. The number of aliphatic imine (C=N–C) groups is 1. The molecule has 2 N–H and O–H groups in total. The van der Waals surface area contributed by atoms with Crippen molar-refractivity contribution in [2.45, 2.75) is 13.8 Å². The van der Waals surface area contributed by atoms with Gasteiger partial charge in [-0.25, -0.2) is 4.99 Å². The van der Waals surface area contributed by atoms with Crippen molar-refractivity contribution >= 4 is 12.6 Å². The Bertz CT molecular complexity index is 96.6. The van der Waals surface area contributed by atoms with Gasteiger partial charge in [0.25, 0.3) is 0 Å². The monoisotopic (exact) mass is 115 g/mol. The van der Waals surface area contributed by atoms with Crippen molar-refractivity contribution < 1.29 is 5.21 Å². The molecule has 8 heavy (non-hydrogen) atoms. The lowest BCUT2D eigenvalue weighted by Gasteiger charge is -1.85. The normalized spacial score (nSPS) is 12.4. The Morgan fingerprint density at radius 3 is 2.50 bits per heavy atom. The summed E-state index contributed by atoms with van der Waals surface area (Å²) in [7, 11) is 0. The first kappa shape index (κ1) is 7.14. The van der Waals surface area contributed by atoms with Gasteiger partial charge >= 0.3 is 0 Å². The first-order chi connectivity index (χ1) is 3.77. The van der Waals surface area contributed by atoms with Gasteiger partial charge in [0.05, 0.1) is 5.16 Å². The molecule has 0 aliphatic heterocycles. The van der Waals surface area contributed by atoms with E-state index in [1.165, 1.54) is 6.34 Å². The minimum atomic E-state index is 0.438. The largest absolute Gasteiger partial charge is 0.468 e. The Morgan fingerprint density at radius 1 is 1.50 bits per heavy atom. The van der Waals surface area contributed by atoms with Crippen molar-refractivity contribution in [3.8, 4) is 0 Å². The maximum Gasteiger partial charge on any atom is 0.205 e. The van der Waals surface area contributed by atoms with Gasteiger partial charge < -0.3 is 5.21 Å². The highest BCUT2D eigenvalue weighted by Gasteiger charge is 1.80. The van der Waals surface area contributed by atoms with Crippen LogP contribution in [0.1, 0.15) is 13.8 Å². The predicted molar refractivity (Wildman–Crippen MR) is 35.4 cm³/mol. The molecule has 0 aliphatic carbocycles. The highest BCUT2D eigenvalue weighted by molar-refractivity contribution is 5.72. The van der Waals surface area contributed by atoms with E-state index in [0.717, 1.165) is 0 Å². The summed E-state index contributed by atoms with van der Waals surface area (Å²) in [4.78, 5) is 3.69. The molecule has 3 heteroatoms. The summed E-state index contributed by atoms with van der Waals surface area (Å²) in [5.74, 6) is 0.438. The molecule has 0 unspecified atom stereocenters. The Labute approximate surface area is 48.7 Å². The Morgan fingerprint density at radius 2 is 2.12 bits per heavy atom. The van der Waals surface area contributed by atoms with Crippen molar-refractivity contribution in [1.82, 2.24) is 0 Å². The smallest absolute Gasteiger partial charge is 0.205 e. The topological polar surface area (TPSA) is 47.6 Å². The molecule has 46 valence electrons. The van der Waals surface area contributed by atoms with E-state index in [1.54, 1.807) is 6.21 Å². The Balaban J connectivity index is 3.34. The molecule has 0 bridgehead atoms. The summed E-state index contributed by atoms with van der Waals surface area (Å²) in [6, 6.07) is 0. The van der Waals surface area contributed by atoms with Crippen LogP contribution >= 0.6 is 0 Å². The maximum atomic E-state index is 6.30. The fraction of sp³-hybridized carbons (Fsp3) is 0.600. The Kier molecular flexibility index (Phi) is 3.84. The van der Waals surface area contributed by atoms with E-state index in [2.05, 4.69) is 10.1 Å². The van der Waals surface area contributed by atoms with E-state index < -0.39 is 0 Å². The minimum absolute atomic E-state index is 0.438. The molecule has 0 aliphatic rings. The fourth-order valence-corrected chi connectivity index (χ4v) is 0.244. The zero-order valence-electron chi connectivity index (χ0n) is 5.13. The van der Waals surface area contributed by atoms with Gasteiger partial charge in [-0.05, 0) is 5.92 Å². The lowest BCUT2D eigenvalue weighted by Crippen LogP contribution is -1.85. The average Bonchev–Trinajstić information content (AvgIpc) is 1.66. The van der Waals surface area contributed by atoms with Crippen molar-refractivity contribution in [3.63, 3.8) is 0 Å². The standard InChI is InChI=1S/C5H10N2O/c1-5(2)3-6-4-7-8/h3-5,8H,1-2H3/p+1/b6-3?,7-4-. The van der Waals surface area contributed by atoms with E-state index in [0.29, 0.717) is 5.92 Å². The molecule has 0 saturated carbocycles. The lowest BCUT2D eigenvalue weighted by atomic mass is 10.3. The van der Waals surface area contributed by atoms with Crippen LogP contribution in [0.5, 0.6) is 0 Å². The molecule has 0 aromatic rings. The average molecular weight is 115 g/mol. The zero-order chi connectivity index (χ0) is 6.41. The molecule has 3 nitrogen and oxygen atoms in total. The molecule has 0 radical (unpaired) electrons. The van der Waals surface area contributed by atoms with Crippen LogP contribution in [0.4, 0.5) is 0 Å². The summed E-state index contributed by atoms with van der Waals surface area (Å²) in [6.45, 7) is 4.03. The third kappa shape index (κ3) is 5.14. The molecule has 0 atom stereocenters. The van der Waals surface area contributed by atoms with Crippen molar-refractivity contribution in [2.75, 3.05) is 0 Å². The van der Waals surface area contributed by atoms with Crippen LogP contribution in [0.15, 0.2) is 10.1 Å². The summed E-state index contributed by atoms with van der Waals surface area (Å²) in [5.41, 5.74) is 0. The second-order valence-electron chi connectivity index (χ2n) is 1.79. The molecule has 0 saturated heterocycles. The van der Waals surface area contributed by atoms with Gasteiger partial charge in [-0.2, -0.15) is 0 Å². The van der Waals surface area contributed by atoms with Gasteiger partial charge in [0.1, 0.15) is 0 Å². The first-order valence-corrected chi connectivity index (χ1v) is 2.49. The maximum absolute atomic E-state index is 6.30. The van der Waals surface area contributed by atoms with E-state index in [9.17, 15) is 0 Å². The van der Waals surface area contributed by atoms with Crippen molar-refractivity contribution in [2.24, 2.45) is 16.1 Å². The molecule has 0 fully saturated rings. The number of hydrogen-bond donors (Lipinski definition) is 0. The highest BCUT2D eigenvalue weighted by atomic mass is 16.4. The summed E-state index contributed by atoms with van der Waals surface area (Å²) in [5, 5.41) is 9.24. The molecule has 0 aromatic heterocycles. The molecule has 0 amide bonds. The lowest BCUT2D eigenvalue weighted by molar-refractivity contribution is 0.321. The first-order valence-electron chi connectivity index (χ1n) is 2.49. The molecule has 0 heterocycles. The minimum Gasteiger partial charge on any atom is -0.468 e. The van der Waals surface area contributed by atoms with Crippen LogP contribution in [0, 0.1) is 5.92 Å². The molecular weight excluding hydrogens is 104 g/mol. The van der Waals surface area contributed by atoms with Crippen LogP contribution in [0.2, 0.25) is 0 Å². The van der Waals surface area contributed by atoms with E-state index in [1.807, 2.05) is 13.8 Å².